The Morgan fingerprint density at radius 1 is 0.698 bits per heavy atom. The molecule has 8 rings (SSSR count). The van der Waals surface area contributed by atoms with Crippen LogP contribution in [0.5, 0.6) is 0 Å². The highest BCUT2D eigenvalue weighted by molar-refractivity contribution is 7.23. The minimum Gasteiger partial charge on any atom is -0.352 e. The van der Waals surface area contributed by atoms with E-state index in [-0.39, 0.29) is 81.7 Å². The number of amides is 1. The molecule has 63 heavy (non-hydrogen) atoms. The number of halogens is 11. The second-order valence-electron chi connectivity index (χ2n) is 14.7. The molecule has 0 radical (unpaired) electrons. The summed E-state index contributed by atoms with van der Waals surface area (Å²) in [4.78, 5) is 36.1. The summed E-state index contributed by atoms with van der Waals surface area (Å²) in [6, 6.07) is 18.2. The van der Waals surface area contributed by atoms with E-state index in [4.69, 9.17) is 63.7 Å². The van der Waals surface area contributed by atoms with E-state index in [2.05, 4.69) is 15.3 Å². The predicted molar refractivity (Wildman–Crippen MR) is 244 cm³/mol. The van der Waals surface area contributed by atoms with Crippen LogP contribution in [0.25, 0.3) is 20.4 Å². The van der Waals surface area contributed by atoms with Gasteiger partial charge in [-0.15, -0.1) is 0 Å². The number of fused-ring (bicyclic) bond motifs is 2. The van der Waals surface area contributed by atoms with E-state index in [1.807, 2.05) is 13.8 Å². The second kappa shape index (κ2) is 19.5. The van der Waals surface area contributed by atoms with Crippen LogP contribution in [-0.2, 0) is 10.8 Å². The van der Waals surface area contributed by atoms with Gasteiger partial charge in [0.2, 0.25) is 0 Å². The first-order valence-electron chi connectivity index (χ1n) is 19.2. The van der Waals surface area contributed by atoms with Gasteiger partial charge in [-0.1, -0.05) is 88.1 Å². The van der Waals surface area contributed by atoms with Gasteiger partial charge in [-0.25, -0.2) is 9.97 Å². The van der Waals surface area contributed by atoms with Gasteiger partial charge in [-0.2, -0.15) is 26.3 Å². The zero-order chi connectivity index (χ0) is 46.1. The van der Waals surface area contributed by atoms with Gasteiger partial charge in [-0.05, 0) is 110 Å². The van der Waals surface area contributed by atoms with Gasteiger partial charge < -0.3 is 20.9 Å². The third-order valence-electron chi connectivity index (χ3n) is 10.6. The summed E-state index contributed by atoms with van der Waals surface area (Å²) in [5.41, 5.74) is 2.55. The van der Waals surface area contributed by atoms with E-state index in [0.29, 0.717) is 42.8 Å². The molecule has 2 aliphatic rings. The van der Waals surface area contributed by atoms with E-state index in [1.54, 1.807) is 46.2 Å². The number of benzene rings is 4. The lowest BCUT2D eigenvalue weighted by molar-refractivity contribution is -0.185. The Labute approximate surface area is 391 Å². The fraction of sp³-hybridized carbons (Fsp3) is 0.333. The van der Waals surface area contributed by atoms with Crippen LogP contribution < -0.4 is 20.9 Å². The van der Waals surface area contributed by atoms with Crippen molar-refractivity contribution in [2.24, 2.45) is 5.73 Å². The number of aromatic nitrogens is 2. The SMILES string of the molecule is CCN.CCNC(=O)c1cccc2nc(N3CCC(c4cc(Cl)cc(Cl)c4)(C(F)(F)F)C3)sc12.O=C(Cl)c1cccc2nc(N3CCC(c4cc(Cl)cc(Cl)c4)(C(F)(F)F)C3)sc12. The van der Waals surface area contributed by atoms with Crippen molar-refractivity contribution in [3.63, 3.8) is 0 Å². The van der Waals surface area contributed by atoms with E-state index in [0.717, 1.165) is 17.9 Å². The highest BCUT2D eigenvalue weighted by Gasteiger charge is 2.60. The maximum atomic E-state index is 14.3. The van der Waals surface area contributed by atoms with Gasteiger partial charge in [0.25, 0.3) is 11.1 Å². The van der Waals surface area contributed by atoms with Crippen molar-refractivity contribution in [1.82, 2.24) is 15.3 Å². The zero-order valence-corrected chi connectivity index (χ0v) is 38.7. The molecule has 0 saturated carbocycles. The Hall–Kier alpha value is -3.61. The Morgan fingerprint density at radius 2 is 1.08 bits per heavy atom. The molecule has 4 heterocycles. The van der Waals surface area contributed by atoms with E-state index in [9.17, 15) is 35.9 Å². The minimum atomic E-state index is -4.51. The van der Waals surface area contributed by atoms with E-state index in [1.165, 1.54) is 47.7 Å². The summed E-state index contributed by atoms with van der Waals surface area (Å²) in [7, 11) is 0. The molecule has 0 spiro atoms. The molecule has 2 saturated heterocycles. The molecule has 6 aromatic rings. The highest BCUT2D eigenvalue weighted by Crippen LogP contribution is 2.52. The number of carbonyl (C=O) groups excluding carboxylic acids is 2. The summed E-state index contributed by atoms with van der Waals surface area (Å²) in [6.45, 7) is 4.64. The summed E-state index contributed by atoms with van der Waals surface area (Å²) >= 11 is 32.0. The fourth-order valence-electron chi connectivity index (χ4n) is 7.60. The number of thiazole rings is 2. The number of carbonyl (C=O) groups is 2. The fourth-order valence-corrected chi connectivity index (χ4v) is 11.1. The van der Waals surface area contributed by atoms with Gasteiger partial charge in [0.15, 0.2) is 10.3 Å². The summed E-state index contributed by atoms with van der Waals surface area (Å²) in [6.07, 6.45) is -9.32. The molecule has 2 unspecified atom stereocenters. The van der Waals surface area contributed by atoms with Crippen LogP contribution in [0, 0.1) is 0 Å². The number of rotatable bonds is 7. The molecule has 1 amide bonds. The molecule has 3 N–H and O–H groups in total. The first-order chi connectivity index (χ1) is 29.7. The lowest BCUT2D eigenvalue weighted by Crippen LogP contribution is -2.44. The van der Waals surface area contributed by atoms with Crippen molar-refractivity contribution in [2.75, 3.05) is 49.1 Å². The molecular formula is C42H37Cl5F6N6O2S2. The van der Waals surface area contributed by atoms with Crippen LogP contribution in [0.4, 0.5) is 36.6 Å². The third kappa shape index (κ3) is 10.1. The number of hydrogen-bond acceptors (Lipinski definition) is 9. The topological polar surface area (TPSA) is 104 Å². The first kappa shape index (κ1) is 48.8. The molecule has 2 atom stereocenters. The number of anilines is 2. The van der Waals surface area contributed by atoms with E-state index < -0.39 is 28.4 Å². The van der Waals surface area contributed by atoms with Gasteiger partial charge in [0.1, 0.15) is 10.8 Å². The number of alkyl halides is 6. The predicted octanol–water partition coefficient (Wildman–Crippen LogP) is 12.7. The largest absolute Gasteiger partial charge is 0.400 e. The lowest BCUT2D eigenvalue weighted by Gasteiger charge is -2.32. The number of hydrogen-bond donors (Lipinski definition) is 2. The summed E-state index contributed by atoms with van der Waals surface area (Å²) in [5, 5.41) is 3.61. The molecule has 0 bridgehead atoms. The number of nitrogens with two attached hydrogens (primary N) is 1. The molecular weight excluding hydrogens is 976 g/mol. The van der Waals surface area contributed by atoms with Gasteiger partial charge in [-0.3, -0.25) is 9.59 Å². The van der Waals surface area contributed by atoms with Crippen molar-refractivity contribution < 1.29 is 35.9 Å². The highest BCUT2D eigenvalue weighted by atomic mass is 35.5. The van der Waals surface area contributed by atoms with Crippen LogP contribution in [0.2, 0.25) is 20.1 Å². The van der Waals surface area contributed by atoms with Crippen LogP contribution in [0.3, 0.4) is 0 Å². The maximum Gasteiger partial charge on any atom is 0.400 e. The van der Waals surface area contributed by atoms with Crippen molar-refractivity contribution in [3.8, 4) is 0 Å². The Bertz CT molecular complexity index is 2610. The van der Waals surface area contributed by atoms with Gasteiger partial charge in [0.05, 0.1) is 31.6 Å². The molecule has 2 fully saturated rings. The number of nitrogens with one attached hydrogen (secondary N) is 1. The normalized spacial score (nSPS) is 18.9. The summed E-state index contributed by atoms with van der Waals surface area (Å²) < 4.78 is 86.9. The molecule has 8 nitrogen and oxygen atoms in total. The quantitative estimate of drug-likeness (QED) is 0.121. The van der Waals surface area contributed by atoms with Crippen molar-refractivity contribution >= 4 is 123 Å². The van der Waals surface area contributed by atoms with Crippen molar-refractivity contribution in [2.45, 2.75) is 49.9 Å². The molecule has 336 valence electrons. The molecule has 21 heteroatoms. The molecule has 2 aromatic heterocycles. The number of nitrogens with zero attached hydrogens (tertiary/aromatic N) is 4. The molecule has 0 aliphatic carbocycles. The molecule has 4 aromatic carbocycles. The monoisotopic (exact) mass is 1010 g/mol. The average molecular weight is 1010 g/mol. The second-order valence-corrected chi connectivity index (χ2v) is 18.7. The van der Waals surface area contributed by atoms with Crippen molar-refractivity contribution in [3.05, 3.63) is 115 Å². The standard InChI is InChI=1S/C21H18Cl2F3N3OS.C19H12Cl3F3N2OS.C2H7N/c1-2-27-18(30)15-4-3-5-16-17(15)31-19(28-16)29-7-6-20(11-29,21(24,25)26)12-8-13(22)10-14(23)9-12;20-11-6-10(7-12(21)8-11)18(19(23,24)25)4-5-27(9-18)17-26-14-3-1-2-13(16(22)28)15(14)29-17;1-2-3/h3-5,8-10H,2,6-7,11H2,1H3,(H,27,30);1-3,6-8H,4-5,9H2;2-3H2,1H3. The van der Waals surface area contributed by atoms with Crippen molar-refractivity contribution in [1.29, 1.82) is 0 Å². The third-order valence-corrected chi connectivity index (χ3v) is 14.0. The first-order valence-corrected chi connectivity index (χ1v) is 22.7. The lowest BCUT2D eigenvalue weighted by atomic mass is 9.79. The Kier molecular flexibility index (Phi) is 15.1. The smallest absolute Gasteiger partial charge is 0.352 e. The van der Waals surface area contributed by atoms with Crippen LogP contribution >= 0.6 is 80.7 Å². The summed E-state index contributed by atoms with van der Waals surface area (Å²) in [5.74, 6) is -0.233. The van der Waals surface area contributed by atoms with E-state index >= 15 is 0 Å². The molecule has 2 aliphatic heterocycles. The van der Waals surface area contributed by atoms with Crippen LogP contribution in [0.1, 0.15) is 58.5 Å². The van der Waals surface area contributed by atoms with Crippen LogP contribution in [-0.4, -0.2) is 72.7 Å². The minimum absolute atomic E-state index is 0.0303. The van der Waals surface area contributed by atoms with Crippen LogP contribution in [0.15, 0.2) is 72.8 Å². The van der Waals surface area contributed by atoms with Gasteiger partial charge >= 0.3 is 12.4 Å². The Morgan fingerprint density at radius 3 is 1.44 bits per heavy atom. The average Bonchev–Trinajstić information content (AvgIpc) is 4.01. The Balaban J connectivity index is 0.000000198. The van der Waals surface area contributed by atoms with Gasteiger partial charge in [0, 0.05) is 52.8 Å². The maximum absolute atomic E-state index is 14.3. The zero-order valence-electron chi connectivity index (χ0n) is 33.2.